The lowest BCUT2D eigenvalue weighted by Gasteiger charge is -2.17. The maximum atomic E-state index is 12.5. The fourth-order valence-electron chi connectivity index (χ4n) is 1.88. The van der Waals surface area contributed by atoms with Gasteiger partial charge in [0, 0.05) is 13.6 Å². The minimum absolute atomic E-state index is 0.163. The maximum absolute atomic E-state index is 12.5. The van der Waals surface area contributed by atoms with Crippen molar-refractivity contribution < 1.29 is 13.5 Å². The molecule has 0 aliphatic heterocycles. The Kier molecular flexibility index (Phi) is 4.59. The van der Waals surface area contributed by atoms with E-state index in [9.17, 15) is 13.5 Å². The summed E-state index contributed by atoms with van der Waals surface area (Å²) in [6.45, 7) is 2.02. The van der Waals surface area contributed by atoms with Gasteiger partial charge in [0.2, 0.25) is 10.0 Å². The van der Waals surface area contributed by atoms with Crippen LogP contribution in [0.15, 0.2) is 39.9 Å². The lowest BCUT2D eigenvalue weighted by atomic mass is 10.1. The average molecular weight is 311 g/mol. The normalized spacial score (nSPS) is 12.0. The third-order valence-electron chi connectivity index (χ3n) is 3.18. The van der Waals surface area contributed by atoms with Gasteiger partial charge in [0.15, 0.2) is 0 Å². The predicted molar refractivity (Wildman–Crippen MR) is 80.1 cm³/mol. The Hall–Kier alpha value is -1.21. The topological polar surface area (TPSA) is 57.6 Å². The fourth-order valence-corrected chi connectivity index (χ4v) is 3.75. The first-order valence-corrected chi connectivity index (χ1v) is 8.51. The van der Waals surface area contributed by atoms with Crippen LogP contribution in [-0.4, -0.2) is 24.9 Å². The zero-order chi connectivity index (χ0) is 14.8. The molecule has 1 aromatic heterocycles. The van der Waals surface area contributed by atoms with Crippen LogP contribution in [0.25, 0.3) is 0 Å². The number of hydrogen-bond donors (Lipinski definition) is 1. The lowest BCUT2D eigenvalue weighted by molar-refractivity contribution is 0.280. The van der Waals surface area contributed by atoms with Gasteiger partial charge in [0.05, 0.1) is 11.5 Å². The highest BCUT2D eigenvalue weighted by Crippen LogP contribution is 2.20. The van der Waals surface area contributed by atoms with E-state index in [-0.39, 0.29) is 11.5 Å². The zero-order valence-corrected chi connectivity index (χ0v) is 13.0. The molecule has 1 N–H and O–H groups in total. The van der Waals surface area contributed by atoms with Crippen LogP contribution in [0.3, 0.4) is 0 Å². The summed E-state index contributed by atoms with van der Waals surface area (Å²) in [5.74, 6) is 0. The number of sulfonamides is 1. The minimum Gasteiger partial charge on any atom is -0.392 e. The number of rotatable bonds is 5. The number of hydrogen-bond acceptors (Lipinski definition) is 4. The van der Waals surface area contributed by atoms with Crippen LogP contribution in [0.2, 0.25) is 0 Å². The lowest BCUT2D eigenvalue weighted by Crippen LogP contribution is -2.26. The van der Waals surface area contributed by atoms with E-state index in [0.717, 1.165) is 11.1 Å². The third-order valence-corrected chi connectivity index (χ3v) is 5.72. The Morgan fingerprint density at radius 3 is 2.65 bits per heavy atom. The van der Waals surface area contributed by atoms with E-state index in [1.54, 1.807) is 30.5 Å². The van der Waals surface area contributed by atoms with Crippen molar-refractivity contribution in [3.8, 4) is 0 Å². The summed E-state index contributed by atoms with van der Waals surface area (Å²) < 4.78 is 26.3. The second kappa shape index (κ2) is 6.05. The van der Waals surface area contributed by atoms with Gasteiger partial charge in [-0.15, -0.1) is 0 Å². The maximum Gasteiger partial charge on any atom is 0.243 e. The molecule has 108 valence electrons. The predicted octanol–water partition coefficient (Wildman–Crippen LogP) is 2.37. The molecule has 0 fully saturated rings. The molecule has 1 heterocycles. The van der Waals surface area contributed by atoms with Crippen LogP contribution in [-0.2, 0) is 23.2 Å². The van der Waals surface area contributed by atoms with Gasteiger partial charge in [-0.05, 0) is 52.6 Å². The molecule has 0 unspecified atom stereocenters. The molecular formula is C14H17NO3S2. The summed E-state index contributed by atoms with van der Waals surface area (Å²) in [6, 6.07) is 6.74. The molecule has 0 spiro atoms. The molecule has 1 aromatic carbocycles. The molecule has 0 saturated heterocycles. The van der Waals surface area contributed by atoms with Crippen LogP contribution < -0.4 is 0 Å². The van der Waals surface area contributed by atoms with Crippen molar-refractivity contribution in [2.24, 2.45) is 0 Å². The number of aliphatic hydroxyl groups excluding tert-OH is 1. The molecule has 0 aliphatic carbocycles. The Morgan fingerprint density at radius 2 is 2.05 bits per heavy atom. The van der Waals surface area contributed by atoms with Gasteiger partial charge in [0.1, 0.15) is 0 Å². The number of benzene rings is 1. The van der Waals surface area contributed by atoms with Crippen molar-refractivity contribution in [2.45, 2.75) is 25.0 Å². The van der Waals surface area contributed by atoms with Crippen molar-refractivity contribution in [3.63, 3.8) is 0 Å². The standard InChI is InChI=1S/C14H17NO3S2/c1-11-3-4-14(7-13(11)9-16)20(17,18)15(2)8-12-5-6-19-10-12/h3-7,10,16H,8-9H2,1-2H3. The first kappa shape index (κ1) is 15.2. The molecule has 20 heavy (non-hydrogen) atoms. The molecule has 0 aliphatic rings. The average Bonchev–Trinajstić information content (AvgIpc) is 2.91. The van der Waals surface area contributed by atoms with E-state index in [1.165, 1.54) is 10.4 Å². The molecule has 6 heteroatoms. The van der Waals surface area contributed by atoms with E-state index in [2.05, 4.69) is 0 Å². The minimum atomic E-state index is -3.54. The van der Waals surface area contributed by atoms with Crippen LogP contribution in [0, 0.1) is 6.92 Å². The molecule has 0 atom stereocenters. The van der Waals surface area contributed by atoms with Crippen molar-refractivity contribution in [1.29, 1.82) is 0 Å². The molecule has 2 rings (SSSR count). The van der Waals surface area contributed by atoms with E-state index in [1.807, 2.05) is 23.8 Å². The summed E-state index contributed by atoms with van der Waals surface area (Å²) >= 11 is 1.54. The van der Waals surface area contributed by atoms with Gasteiger partial charge in [-0.3, -0.25) is 0 Å². The zero-order valence-electron chi connectivity index (χ0n) is 11.4. The largest absolute Gasteiger partial charge is 0.392 e. The first-order valence-electron chi connectivity index (χ1n) is 6.13. The van der Waals surface area contributed by atoms with Crippen LogP contribution >= 0.6 is 11.3 Å². The van der Waals surface area contributed by atoms with Crippen LogP contribution in [0.4, 0.5) is 0 Å². The highest BCUT2D eigenvalue weighted by molar-refractivity contribution is 7.89. The molecule has 0 radical (unpaired) electrons. The van der Waals surface area contributed by atoms with Crippen molar-refractivity contribution in [1.82, 2.24) is 4.31 Å². The van der Waals surface area contributed by atoms with Crippen LogP contribution in [0.5, 0.6) is 0 Å². The molecule has 0 saturated carbocycles. The Labute approximate surface area is 123 Å². The van der Waals surface area contributed by atoms with Gasteiger partial charge in [-0.2, -0.15) is 15.6 Å². The fraction of sp³-hybridized carbons (Fsp3) is 0.286. The van der Waals surface area contributed by atoms with Crippen LogP contribution in [0.1, 0.15) is 16.7 Å². The molecule has 0 bridgehead atoms. The molecule has 0 amide bonds. The SMILES string of the molecule is Cc1ccc(S(=O)(=O)N(C)Cc2ccsc2)cc1CO. The first-order chi connectivity index (χ1) is 9.45. The number of thiophene rings is 1. The molecular weight excluding hydrogens is 294 g/mol. The van der Waals surface area contributed by atoms with Crippen molar-refractivity contribution >= 4 is 21.4 Å². The van der Waals surface area contributed by atoms with Gasteiger partial charge in [-0.25, -0.2) is 8.42 Å². The summed E-state index contributed by atoms with van der Waals surface area (Å²) in [5, 5.41) is 13.1. The number of nitrogens with zero attached hydrogens (tertiary/aromatic N) is 1. The Bertz CT molecular complexity index is 678. The second-order valence-corrected chi connectivity index (χ2v) is 7.46. The van der Waals surface area contributed by atoms with Gasteiger partial charge in [-0.1, -0.05) is 6.07 Å². The van der Waals surface area contributed by atoms with E-state index in [0.29, 0.717) is 12.1 Å². The Balaban J connectivity index is 2.29. The Morgan fingerprint density at radius 1 is 1.30 bits per heavy atom. The van der Waals surface area contributed by atoms with Crippen molar-refractivity contribution in [3.05, 3.63) is 51.7 Å². The third kappa shape index (κ3) is 3.09. The summed E-state index contributed by atoms with van der Waals surface area (Å²) in [6.07, 6.45) is 0. The summed E-state index contributed by atoms with van der Waals surface area (Å²) in [7, 11) is -1.98. The number of aryl methyl sites for hydroxylation is 1. The quantitative estimate of drug-likeness (QED) is 0.922. The van der Waals surface area contributed by atoms with E-state index < -0.39 is 10.0 Å². The molecule has 2 aromatic rings. The van der Waals surface area contributed by atoms with Gasteiger partial charge in [0.25, 0.3) is 0 Å². The summed E-state index contributed by atoms with van der Waals surface area (Å²) in [4.78, 5) is 0.213. The van der Waals surface area contributed by atoms with Crippen molar-refractivity contribution in [2.75, 3.05) is 7.05 Å². The van der Waals surface area contributed by atoms with Gasteiger partial charge >= 0.3 is 0 Å². The second-order valence-electron chi connectivity index (χ2n) is 4.64. The monoisotopic (exact) mass is 311 g/mol. The smallest absolute Gasteiger partial charge is 0.243 e. The highest BCUT2D eigenvalue weighted by Gasteiger charge is 2.21. The van der Waals surface area contributed by atoms with Gasteiger partial charge < -0.3 is 5.11 Å². The highest BCUT2D eigenvalue weighted by atomic mass is 32.2. The number of aliphatic hydroxyl groups is 1. The molecule has 4 nitrogen and oxygen atoms in total. The van der Waals surface area contributed by atoms with E-state index >= 15 is 0 Å². The van der Waals surface area contributed by atoms with E-state index in [4.69, 9.17) is 0 Å². The summed E-state index contributed by atoms with van der Waals surface area (Å²) in [5.41, 5.74) is 2.48.